The SMILES string of the molecule is CCc1ccc(CN(C(=O)C(CC)CC)C2CC2)cc1. The van der Waals surface area contributed by atoms with E-state index in [0.717, 1.165) is 25.8 Å². The molecule has 2 rings (SSSR count). The van der Waals surface area contributed by atoms with Gasteiger partial charge in [-0.05, 0) is 43.2 Å². The normalized spacial score (nSPS) is 14.6. The zero-order valence-electron chi connectivity index (χ0n) is 13.1. The molecule has 1 aliphatic rings. The second-order valence-electron chi connectivity index (χ2n) is 5.88. The van der Waals surface area contributed by atoms with Crippen molar-refractivity contribution < 1.29 is 4.79 Å². The summed E-state index contributed by atoms with van der Waals surface area (Å²) >= 11 is 0. The van der Waals surface area contributed by atoms with E-state index in [1.807, 2.05) is 0 Å². The lowest BCUT2D eigenvalue weighted by molar-refractivity contribution is -0.137. The zero-order chi connectivity index (χ0) is 14.5. The molecule has 1 aromatic carbocycles. The molecule has 1 fully saturated rings. The molecule has 0 aromatic heterocycles. The zero-order valence-corrected chi connectivity index (χ0v) is 13.1. The molecule has 0 spiro atoms. The van der Waals surface area contributed by atoms with Crippen LogP contribution in [0.1, 0.15) is 57.6 Å². The topological polar surface area (TPSA) is 20.3 Å². The van der Waals surface area contributed by atoms with E-state index in [9.17, 15) is 4.79 Å². The Balaban J connectivity index is 2.06. The van der Waals surface area contributed by atoms with Crippen molar-refractivity contribution in [3.05, 3.63) is 35.4 Å². The van der Waals surface area contributed by atoms with Crippen LogP contribution in [0.3, 0.4) is 0 Å². The Morgan fingerprint density at radius 2 is 1.65 bits per heavy atom. The van der Waals surface area contributed by atoms with Gasteiger partial charge in [0, 0.05) is 18.5 Å². The van der Waals surface area contributed by atoms with E-state index in [1.165, 1.54) is 24.0 Å². The molecule has 0 aliphatic heterocycles. The predicted molar refractivity (Wildman–Crippen MR) is 83.5 cm³/mol. The van der Waals surface area contributed by atoms with Crippen LogP contribution < -0.4 is 0 Å². The van der Waals surface area contributed by atoms with Crippen LogP contribution in [0.5, 0.6) is 0 Å². The first-order chi connectivity index (χ1) is 9.69. The molecule has 2 nitrogen and oxygen atoms in total. The van der Waals surface area contributed by atoms with Crippen LogP contribution in [0, 0.1) is 5.92 Å². The molecule has 0 radical (unpaired) electrons. The minimum Gasteiger partial charge on any atom is -0.335 e. The Morgan fingerprint density at radius 1 is 1.10 bits per heavy atom. The van der Waals surface area contributed by atoms with Gasteiger partial charge in [0.2, 0.25) is 5.91 Å². The van der Waals surface area contributed by atoms with Crippen molar-refractivity contribution in [2.24, 2.45) is 5.92 Å². The second-order valence-corrected chi connectivity index (χ2v) is 5.88. The number of benzene rings is 1. The minimum absolute atomic E-state index is 0.200. The molecule has 2 heteroatoms. The molecule has 0 N–H and O–H groups in total. The molecule has 1 saturated carbocycles. The van der Waals surface area contributed by atoms with Gasteiger partial charge in [0.05, 0.1) is 0 Å². The van der Waals surface area contributed by atoms with Crippen LogP contribution in [0.2, 0.25) is 0 Å². The summed E-state index contributed by atoms with van der Waals surface area (Å²) in [7, 11) is 0. The largest absolute Gasteiger partial charge is 0.335 e. The number of hydrogen-bond donors (Lipinski definition) is 0. The van der Waals surface area contributed by atoms with Crippen LogP contribution in [-0.4, -0.2) is 16.8 Å². The molecule has 20 heavy (non-hydrogen) atoms. The van der Waals surface area contributed by atoms with Gasteiger partial charge in [0.15, 0.2) is 0 Å². The molecule has 0 heterocycles. The average molecular weight is 273 g/mol. The number of amides is 1. The van der Waals surface area contributed by atoms with Crippen molar-refractivity contribution in [1.82, 2.24) is 4.90 Å². The Bertz CT molecular complexity index is 429. The van der Waals surface area contributed by atoms with Crippen molar-refractivity contribution in [2.75, 3.05) is 0 Å². The Labute approximate surface area is 123 Å². The van der Waals surface area contributed by atoms with Crippen LogP contribution in [-0.2, 0) is 17.8 Å². The first-order valence-electron chi connectivity index (χ1n) is 8.07. The summed E-state index contributed by atoms with van der Waals surface area (Å²) in [4.78, 5) is 14.8. The van der Waals surface area contributed by atoms with Gasteiger partial charge in [-0.1, -0.05) is 45.0 Å². The highest BCUT2D eigenvalue weighted by Gasteiger charge is 2.34. The first kappa shape index (κ1) is 15.1. The highest BCUT2D eigenvalue weighted by atomic mass is 16.2. The van der Waals surface area contributed by atoms with Crippen LogP contribution >= 0.6 is 0 Å². The Kier molecular flexibility index (Phi) is 5.22. The fourth-order valence-corrected chi connectivity index (χ4v) is 2.72. The number of carbonyl (C=O) groups is 1. The van der Waals surface area contributed by atoms with Crippen LogP contribution in [0.4, 0.5) is 0 Å². The summed E-state index contributed by atoms with van der Waals surface area (Å²) in [5, 5.41) is 0. The van der Waals surface area contributed by atoms with E-state index < -0.39 is 0 Å². The number of aryl methyl sites for hydroxylation is 1. The van der Waals surface area contributed by atoms with Gasteiger partial charge in [-0.15, -0.1) is 0 Å². The van der Waals surface area contributed by atoms with E-state index in [0.29, 0.717) is 11.9 Å². The maximum Gasteiger partial charge on any atom is 0.226 e. The number of hydrogen-bond acceptors (Lipinski definition) is 1. The van der Waals surface area contributed by atoms with Crippen LogP contribution in [0.25, 0.3) is 0 Å². The molecule has 0 saturated heterocycles. The monoisotopic (exact) mass is 273 g/mol. The summed E-state index contributed by atoms with van der Waals surface area (Å²) in [6, 6.07) is 9.21. The lowest BCUT2D eigenvalue weighted by Gasteiger charge is -2.26. The molecule has 1 aromatic rings. The number of nitrogens with zero attached hydrogens (tertiary/aromatic N) is 1. The molecule has 1 aliphatic carbocycles. The van der Waals surface area contributed by atoms with E-state index >= 15 is 0 Å². The maximum atomic E-state index is 12.6. The standard InChI is InChI=1S/C18H27NO/c1-4-14-7-9-15(10-8-14)13-19(17-11-12-17)18(20)16(5-2)6-3/h7-10,16-17H,4-6,11-13H2,1-3H3. The molecule has 0 unspecified atom stereocenters. The van der Waals surface area contributed by atoms with E-state index in [-0.39, 0.29) is 5.92 Å². The summed E-state index contributed by atoms with van der Waals surface area (Å²) in [6.45, 7) is 7.19. The van der Waals surface area contributed by atoms with Crippen molar-refractivity contribution >= 4 is 5.91 Å². The lowest BCUT2D eigenvalue weighted by atomic mass is 10.0. The quantitative estimate of drug-likeness (QED) is 0.730. The van der Waals surface area contributed by atoms with Crippen molar-refractivity contribution in [3.63, 3.8) is 0 Å². The average Bonchev–Trinajstić information content (AvgIpc) is 3.31. The molecular formula is C18H27NO. The lowest BCUT2D eigenvalue weighted by Crippen LogP contribution is -2.37. The van der Waals surface area contributed by atoms with Gasteiger partial charge in [0.1, 0.15) is 0 Å². The summed E-state index contributed by atoms with van der Waals surface area (Å²) < 4.78 is 0. The van der Waals surface area contributed by atoms with Gasteiger partial charge < -0.3 is 4.90 Å². The molecule has 1 amide bonds. The highest BCUT2D eigenvalue weighted by Crippen LogP contribution is 2.30. The fraction of sp³-hybridized carbons (Fsp3) is 0.611. The van der Waals surface area contributed by atoms with Gasteiger partial charge in [-0.2, -0.15) is 0 Å². The van der Waals surface area contributed by atoms with Gasteiger partial charge >= 0.3 is 0 Å². The third-order valence-corrected chi connectivity index (χ3v) is 4.39. The van der Waals surface area contributed by atoms with Crippen molar-refractivity contribution in [2.45, 2.75) is 65.5 Å². The smallest absolute Gasteiger partial charge is 0.226 e. The maximum absolute atomic E-state index is 12.6. The number of rotatable bonds is 7. The van der Waals surface area contributed by atoms with E-state index in [4.69, 9.17) is 0 Å². The van der Waals surface area contributed by atoms with E-state index in [1.54, 1.807) is 0 Å². The van der Waals surface area contributed by atoms with Gasteiger partial charge in [-0.3, -0.25) is 4.79 Å². The van der Waals surface area contributed by atoms with Gasteiger partial charge in [-0.25, -0.2) is 0 Å². The summed E-state index contributed by atoms with van der Waals surface area (Å²) in [6.07, 6.45) is 5.33. The van der Waals surface area contributed by atoms with Crippen molar-refractivity contribution in [3.8, 4) is 0 Å². The molecule has 110 valence electrons. The number of carbonyl (C=O) groups excluding carboxylic acids is 1. The summed E-state index contributed by atoms with van der Waals surface area (Å²) in [5.74, 6) is 0.558. The summed E-state index contributed by atoms with van der Waals surface area (Å²) in [5.41, 5.74) is 2.62. The van der Waals surface area contributed by atoms with Gasteiger partial charge in [0.25, 0.3) is 0 Å². The Hall–Kier alpha value is -1.31. The third kappa shape index (κ3) is 3.62. The van der Waals surface area contributed by atoms with Crippen LogP contribution in [0.15, 0.2) is 24.3 Å². The molecule has 0 bridgehead atoms. The first-order valence-corrected chi connectivity index (χ1v) is 8.07. The Morgan fingerprint density at radius 3 is 2.10 bits per heavy atom. The second kappa shape index (κ2) is 6.92. The molecule has 0 atom stereocenters. The highest BCUT2D eigenvalue weighted by molar-refractivity contribution is 5.79. The van der Waals surface area contributed by atoms with Crippen molar-refractivity contribution in [1.29, 1.82) is 0 Å². The minimum atomic E-state index is 0.200. The molecular weight excluding hydrogens is 246 g/mol. The fourth-order valence-electron chi connectivity index (χ4n) is 2.72. The third-order valence-electron chi connectivity index (χ3n) is 4.39. The predicted octanol–water partition coefficient (Wildman–Crippen LogP) is 4.18. The van der Waals surface area contributed by atoms with E-state index in [2.05, 4.69) is 49.9 Å².